The molecule has 0 aliphatic rings. The number of rotatable bonds is 8. The van der Waals surface area contributed by atoms with Crippen LogP contribution in [0.3, 0.4) is 0 Å². The number of aromatic nitrogens is 2. The van der Waals surface area contributed by atoms with Crippen molar-refractivity contribution in [1.82, 2.24) is 15.1 Å². The maximum absolute atomic E-state index is 12.5. The second-order valence-electron chi connectivity index (χ2n) is 6.08. The highest BCUT2D eigenvalue weighted by Gasteiger charge is 2.17. The van der Waals surface area contributed by atoms with Crippen LogP contribution in [-0.2, 0) is 6.73 Å². The van der Waals surface area contributed by atoms with E-state index < -0.39 is 4.92 Å². The maximum atomic E-state index is 12.5. The molecular weight excluding hydrogens is 360 g/mol. The van der Waals surface area contributed by atoms with Crippen molar-refractivity contribution in [1.29, 1.82) is 0 Å². The van der Waals surface area contributed by atoms with Gasteiger partial charge in [-0.05, 0) is 24.1 Å². The summed E-state index contributed by atoms with van der Waals surface area (Å²) in [5, 5.41) is 18.2. The number of nitrogens with one attached hydrogen (secondary N) is 1. The number of carbonyl (C=O) groups excluding carboxylic acids is 1. The van der Waals surface area contributed by atoms with Crippen LogP contribution in [0.2, 0.25) is 0 Å². The number of nitro groups is 1. The zero-order valence-electron chi connectivity index (χ0n) is 15.3. The summed E-state index contributed by atoms with van der Waals surface area (Å²) in [5.74, 6) is -0.149. The number of amides is 1. The molecule has 3 aromatic rings. The summed E-state index contributed by atoms with van der Waals surface area (Å²) in [4.78, 5) is 23.0. The second kappa shape index (κ2) is 8.81. The van der Waals surface area contributed by atoms with E-state index in [9.17, 15) is 14.9 Å². The van der Waals surface area contributed by atoms with Gasteiger partial charge in [-0.1, -0.05) is 49.4 Å². The van der Waals surface area contributed by atoms with Crippen molar-refractivity contribution in [2.75, 3.05) is 0 Å². The third-order valence-electron chi connectivity index (χ3n) is 4.20. The van der Waals surface area contributed by atoms with Crippen LogP contribution in [0.5, 0.6) is 5.75 Å². The standard InChI is InChI=1S/C20H20N4O4/c1-2-16(15-8-4-3-5-9-15)21-20(25)17-12-13-23(22-17)14-28-19-11-7-6-10-18(19)24(26)27/h3-13,16H,2,14H2,1H3,(H,21,25). The Labute approximate surface area is 161 Å². The van der Waals surface area contributed by atoms with Crippen LogP contribution >= 0.6 is 0 Å². The van der Waals surface area contributed by atoms with Gasteiger partial charge in [0.15, 0.2) is 12.5 Å². The van der Waals surface area contributed by atoms with E-state index in [0.29, 0.717) is 0 Å². The van der Waals surface area contributed by atoms with E-state index >= 15 is 0 Å². The molecule has 0 spiro atoms. The van der Waals surface area contributed by atoms with Crippen molar-refractivity contribution in [3.05, 3.63) is 88.2 Å². The molecule has 0 radical (unpaired) electrons. The lowest BCUT2D eigenvalue weighted by Gasteiger charge is -2.16. The van der Waals surface area contributed by atoms with Crippen LogP contribution in [0, 0.1) is 10.1 Å². The fourth-order valence-corrected chi connectivity index (χ4v) is 2.76. The fraction of sp³-hybridized carbons (Fsp3) is 0.200. The molecule has 0 saturated heterocycles. The first-order valence-corrected chi connectivity index (χ1v) is 8.84. The van der Waals surface area contributed by atoms with E-state index in [1.807, 2.05) is 37.3 Å². The van der Waals surface area contributed by atoms with E-state index in [-0.39, 0.29) is 35.8 Å². The van der Waals surface area contributed by atoms with Crippen molar-refractivity contribution in [2.45, 2.75) is 26.1 Å². The molecule has 1 unspecified atom stereocenters. The highest BCUT2D eigenvalue weighted by atomic mass is 16.6. The van der Waals surface area contributed by atoms with Gasteiger partial charge in [-0.3, -0.25) is 14.9 Å². The van der Waals surface area contributed by atoms with Crippen LogP contribution in [0.25, 0.3) is 0 Å². The van der Waals surface area contributed by atoms with Gasteiger partial charge in [-0.25, -0.2) is 4.68 Å². The SMILES string of the molecule is CCC(NC(=O)c1ccn(COc2ccccc2[N+](=O)[O-])n1)c1ccccc1. The van der Waals surface area contributed by atoms with E-state index in [1.165, 1.54) is 16.8 Å². The van der Waals surface area contributed by atoms with Crippen molar-refractivity contribution >= 4 is 11.6 Å². The molecule has 0 fully saturated rings. The summed E-state index contributed by atoms with van der Waals surface area (Å²) in [7, 11) is 0. The van der Waals surface area contributed by atoms with Gasteiger partial charge in [0, 0.05) is 12.3 Å². The Morgan fingerprint density at radius 3 is 2.61 bits per heavy atom. The smallest absolute Gasteiger partial charge is 0.311 e. The second-order valence-corrected chi connectivity index (χ2v) is 6.08. The number of nitrogens with zero attached hydrogens (tertiary/aromatic N) is 3. The predicted molar refractivity (Wildman–Crippen MR) is 103 cm³/mol. The average molecular weight is 380 g/mol. The Morgan fingerprint density at radius 1 is 1.18 bits per heavy atom. The van der Waals surface area contributed by atoms with Gasteiger partial charge >= 0.3 is 5.69 Å². The quantitative estimate of drug-likeness (QED) is 0.474. The van der Waals surface area contributed by atoms with Gasteiger partial charge in [-0.2, -0.15) is 5.10 Å². The number of nitro benzene ring substituents is 1. The summed E-state index contributed by atoms with van der Waals surface area (Å²) in [5.41, 5.74) is 1.15. The molecule has 0 aliphatic carbocycles. The Hall–Kier alpha value is -3.68. The molecule has 1 heterocycles. The van der Waals surface area contributed by atoms with Crippen molar-refractivity contribution in [2.24, 2.45) is 0 Å². The lowest BCUT2D eigenvalue weighted by molar-refractivity contribution is -0.386. The Balaban J connectivity index is 1.64. The van der Waals surface area contributed by atoms with Crippen LogP contribution in [0.4, 0.5) is 5.69 Å². The number of benzene rings is 2. The minimum atomic E-state index is -0.508. The summed E-state index contributed by atoms with van der Waals surface area (Å²) < 4.78 is 6.89. The first-order valence-electron chi connectivity index (χ1n) is 8.84. The molecule has 3 rings (SSSR count). The zero-order valence-corrected chi connectivity index (χ0v) is 15.3. The number of hydrogen-bond acceptors (Lipinski definition) is 5. The van der Waals surface area contributed by atoms with E-state index in [2.05, 4.69) is 10.4 Å². The van der Waals surface area contributed by atoms with Crippen LogP contribution < -0.4 is 10.1 Å². The van der Waals surface area contributed by atoms with Gasteiger partial charge in [0.05, 0.1) is 11.0 Å². The molecule has 1 amide bonds. The lowest BCUT2D eigenvalue weighted by atomic mass is 10.0. The Morgan fingerprint density at radius 2 is 1.89 bits per heavy atom. The number of ether oxygens (including phenoxy) is 1. The number of hydrogen-bond donors (Lipinski definition) is 1. The lowest BCUT2D eigenvalue weighted by Crippen LogP contribution is -2.28. The van der Waals surface area contributed by atoms with Crippen molar-refractivity contribution in [3.8, 4) is 5.75 Å². The largest absolute Gasteiger partial charge is 0.464 e. The van der Waals surface area contributed by atoms with E-state index in [0.717, 1.165) is 12.0 Å². The molecule has 1 atom stereocenters. The molecular formula is C20H20N4O4. The first kappa shape index (κ1) is 19.1. The zero-order chi connectivity index (χ0) is 19.9. The summed E-state index contributed by atoms with van der Waals surface area (Å²) in [6.07, 6.45) is 2.34. The highest BCUT2D eigenvalue weighted by molar-refractivity contribution is 5.92. The summed E-state index contributed by atoms with van der Waals surface area (Å²) in [6, 6.07) is 17.3. The molecule has 2 aromatic carbocycles. The van der Waals surface area contributed by atoms with Gasteiger partial charge < -0.3 is 10.1 Å². The first-order chi connectivity index (χ1) is 13.6. The monoisotopic (exact) mass is 380 g/mol. The minimum absolute atomic E-state index is 0.0476. The predicted octanol–water partition coefficient (Wildman–Crippen LogP) is 3.71. The van der Waals surface area contributed by atoms with Crippen molar-refractivity contribution < 1.29 is 14.5 Å². The van der Waals surface area contributed by atoms with Crippen LogP contribution in [0.15, 0.2) is 66.9 Å². The number of carbonyl (C=O) groups is 1. The topological polar surface area (TPSA) is 99.3 Å². The molecule has 144 valence electrons. The van der Waals surface area contributed by atoms with Gasteiger partial charge in [-0.15, -0.1) is 0 Å². The van der Waals surface area contributed by atoms with Crippen LogP contribution in [0.1, 0.15) is 35.4 Å². The Kier molecular flexibility index (Phi) is 6.01. The third-order valence-corrected chi connectivity index (χ3v) is 4.20. The molecule has 8 nitrogen and oxygen atoms in total. The summed E-state index contributed by atoms with van der Waals surface area (Å²) >= 11 is 0. The molecule has 1 N–H and O–H groups in total. The van der Waals surface area contributed by atoms with Crippen molar-refractivity contribution in [3.63, 3.8) is 0 Å². The summed E-state index contributed by atoms with van der Waals surface area (Å²) in [6.45, 7) is 1.95. The number of para-hydroxylation sites is 2. The third kappa shape index (κ3) is 4.53. The molecule has 0 aliphatic heterocycles. The normalized spacial score (nSPS) is 11.6. The van der Waals surface area contributed by atoms with Gasteiger partial charge in [0.2, 0.25) is 0 Å². The molecule has 8 heteroatoms. The minimum Gasteiger partial charge on any atom is -0.464 e. The van der Waals surface area contributed by atoms with E-state index in [4.69, 9.17) is 4.74 Å². The van der Waals surface area contributed by atoms with Gasteiger partial charge in [0.25, 0.3) is 5.91 Å². The van der Waals surface area contributed by atoms with E-state index in [1.54, 1.807) is 24.4 Å². The fourth-order valence-electron chi connectivity index (χ4n) is 2.76. The molecule has 0 saturated carbocycles. The molecule has 0 bridgehead atoms. The van der Waals surface area contributed by atoms with Gasteiger partial charge in [0.1, 0.15) is 5.69 Å². The Bertz CT molecular complexity index is 956. The maximum Gasteiger partial charge on any atom is 0.311 e. The van der Waals surface area contributed by atoms with Crippen LogP contribution in [-0.4, -0.2) is 20.6 Å². The molecule has 28 heavy (non-hydrogen) atoms. The average Bonchev–Trinajstić information content (AvgIpc) is 3.20. The highest BCUT2D eigenvalue weighted by Crippen LogP contribution is 2.26. The molecule has 1 aromatic heterocycles.